The van der Waals surface area contributed by atoms with Crippen molar-refractivity contribution in [2.45, 2.75) is 18.6 Å². The monoisotopic (exact) mass is 478 g/mol. The fraction of sp³-hybridized carbons (Fsp3) is 0.429. The molecule has 30 heavy (non-hydrogen) atoms. The molecule has 0 spiro atoms. The van der Waals surface area contributed by atoms with Crippen LogP contribution in [0.5, 0.6) is 0 Å². The van der Waals surface area contributed by atoms with Crippen molar-refractivity contribution in [3.8, 4) is 0 Å². The van der Waals surface area contributed by atoms with E-state index in [2.05, 4.69) is 22.6 Å². The van der Waals surface area contributed by atoms with E-state index in [0.29, 0.717) is 0 Å². The predicted molar refractivity (Wildman–Crippen MR) is 99.6 cm³/mol. The number of hydrogen-bond acceptors (Lipinski definition) is 10. The molecule has 16 heteroatoms. The molecule has 0 rings (SSSR count). The molecule has 1 atom stereocenters. The number of rotatable bonds is 9. The van der Waals surface area contributed by atoms with Crippen molar-refractivity contribution in [3.63, 3.8) is 0 Å². The van der Waals surface area contributed by atoms with Crippen LogP contribution >= 0.6 is 0 Å². The van der Waals surface area contributed by atoms with Gasteiger partial charge in [-0.05, 0) is 6.92 Å². The van der Waals surface area contributed by atoms with Crippen LogP contribution in [0.2, 0.25) is 0 Å². The lowest BCUT2D eigenvalue weighted by Crippen LogP contribution is -2.31. The van der Waals surface area contributed by atoms with Crippen LogP contribution < -0.4 is 0 Å². The van der Waals surface area contributed by atoms with Crippen LogP contribution in [0, 0.1) is 0 Å². The van der Waals surface area contributed by atoms with Crippen molar-refractivity contribution in [2.24, 2.45) is 0 Å². The summed E-state index contributed by atoms with van der Waals surface area (Å²) in [6.45, 7) is 7.52. The third-order valence-electron chi connectivity index (χ3n) is 2.29. The molecule has 4 N–H and O–H groups in total. The van der Waals surface area contributed by atoms with Crippen LogP contribution in [-0.2, 0) is 48.9 Å². The van der Waals surface area contributed by atoms with E-state index in [0.717, 1.165) is 6.08 Å². The molecule has 0 saturated carbocycles. The first-order valence-corrected chi connectivity index (χ1v) is 10.4. The lowest BCUT2D eigenvalue weighted by atomic mass is 10.3. The Balaban J connectivity index is -0.000000386. The number of carboxylic acids is 2. The number of methoxy groups -OCH3 is 1. The molecule has 0 saturated heterocycles. The summed E-state index contributed by atoms with van der Waals surface area (Å²) in [4.78, 5) is 40.5. The van der Waals surface area contributed by atoms with Crippen LogP contribution in [0.4, 0.5) is 0 Å². The maximum atomic E-state index is 10.6. The molecule has 1 unspecified atom stereocenters. The van der Waals surface area contributed by atoms with E-state index in [1.807, 2.05) is 0 Å². The number of carbonyl (C=O) groups excluding carboxylic acids is 2. The molecule has 0 aliphatic heterocycles. The number of esters is 2. The number of hydrogen-bond donors (Lipinski definition) is 4. The standard InChI is InChI=1S/C6H10O5S.C4H6O7S.C4H6O2/c1-5(2)6(7)11-3-4-12(8,9)10;5-3(6)1-2(4(7)8)12(9,10)11;1-3-4(5)6-2/h1,3-4H2,2H3,(H,8,9,10);2H,1H2,(H,5,6)(H,7,8)(H,9,10,11);3H,1H2,2H3. The van der Waals surface area contributed by atoms with E-state index >= 15 is 0 Å². The average Bonchev–Trinajstić information content (AvgIpc) is 2.57. The lowest BCUT2D eigenvalue weighted by molar-refractivity contribution is -0.143. The maximum Gasteiger partial charge on any atom is 0.333 e. The molecule has 0 amide bonds. The summed E-state index contributed by atoms with van der Waals surface area (Å²) in [5.41, 5.74) is 0.185. The van der Waals surface area contributed by atoms with E-state index in [-0.39, 0.29) is 12.2 Å². The van der Waals surface area contributed by atoms with Gasteiger partial charge in [0, 0.05) is 11.6 Å². The summed E-state index contributed by atoms with van der Waals surface area (Å²) in [5, 5.41) is 13.9. The van der Waals surface area contributed by atoms with E-state index in [1.54, 1.807) is 0 Å². The maximum absolute atomic E-state index is 10.6. The third kappa shape index (κ3) is 21.5. The van der Waals surface area contributed by atoms with E-state index in [1.165, 1.54) is 14.0 Å². The van der Waals surface area contributed by atoms with E-state index in [4.69, 9.17) is 19.3 Å². The molecule has 0 aliphatic carbocycles. The third-order valence-corrected chi connectivity index (χ3v) is 4.06. The van der Waals surface area contributed by atoms with E-state index < -0.39 is 61.5 Å². The van der Waals surface area contributed by atoms with E-state index in [9.17, 15) is 36.0 Å². The molecule has 0 aromatic heterocycles. The first-order chi connectivity index (χ1) is 13.4. The van der Waals surface area contributed by atoms with Gasteiger partial charge in [-0.3, -0.25) is 18.7 Å². The molecular weight excluding hydrogens is 456 g/mol. The number of carbonyl (C=O) groups is 4. The van der Waals surface area contributed by atoms with Crippen molar-refractivity contribution >= 4 is 44.1 Å². The molecule has 0 aromatic rings. The summed E-state index contributed by atoms with van der Waals surface area (Å²) in [5.74, 6) is -5.15. The molecule has 0 heterocycles. The van der Waals surface area contributed by atoms with Gasteiger partial charge in [-0.15, -0.1) is 0 Å². The lowest BCUT2D eigenvalue weighted by Gasteiger charge is -2.04. The Labute approximate surface area is 172 Å². The molecule has 14 nitrogen and oxygen atoms in total. The highest BCUT2D eigenvalue weighted by Crippen LogP contribution is 2.04. The van der Waals surface area contributed by atoms with Crippen molar-refractivity contribution < 1.29 is 64.8 Å². The normalized spacial score (nSPS) is 11.2. The Kier molecular flexibility index (Phi) is 16.0. The molecule has 0 aliphatic rings. The van der Waals surface area contributed by atoms with Crippen LogP contribution in [0.1, 0.15) is 13.3 Å². The highest BCUT2D eigenvalue weighted by molar-refractivity contribution is 7.87. The second kappa shape index (κ2) is 15.1. The summed E-state index contributed by atoms with van der Waals surface area (Å²) in [6.07, 6.45) is -0.0475. The van der Waals surface area contributed by atoms with Gasteiger partial charge < -0.3 is 19.7 Å². The Morgan fingerprint density at radius 3 is 1.70 bits per heavy atom. The fourth-order valence-electron chi connectivity index (χ4n) is 0.925. The van der Waals surface area contributed by atoms with Gasteiger partial charge in [0.25, 0.3) is 20.2 Å². The Bertz CT molecular complexity index is 838. The zero-order chi connectivity index (χ0) is 24.7. The van der Waals surface area contributed by atoms with Crippen molar-refractivity contribution in [2.75, 3.05) is 19.5 Å². The molecule has 174 valence electrons. The largest absolute Gasteiger partial charge is 0.481 e. The van der Waals surface area contributed by atoms with Crippen molar-refractivity contribution in [1.29, 1.82) is 0 Å². The summed E-state index contributed by atoms with van der Waals surface area (Å²) >= 11 is 0. The summed E-state index contributed by atoms with van der Waals surface area (Å²) < 4.78 is 65.7. The Morgan fingerprint density at radius 2 is 1.53 bits per heavy atom. The van der Waals surface area contributed by atoms with Gasteiger partial charge in [-0.1, -0.05) is 13.2 Å². The minimum atomic E-state index is -4.84. The highest BCUT2D eigenvalue weighted by Gasteiger charge is 2.33. The first kappa shape index (κ1) is 31.9. The zero-order valence-electron chi connectivity index (χ0n) is 15.9. The average molecular weight is 478 g/mol. The van der Waals surface area contributed by atoms with Gasteiger partial charge in [0.2, 0.25) is 0 Å². The molecule has 0 fully saturated rings. The van der Waals surface area contributed by atoms with Gasteiger partial charge >= 0.3 is 23.9 Å². The first-order valence-electron chi connectivity index (χ1n) is 7.28. The number of ether oxygens (including phenoxy) is 2. The van der Waals surface area contributed by atoms with Gasteiger partial charge in [-0.2, -0.15) is 16.8 Å². The minimum Gasteiger partial charge on any atom is -0.481 e. The topological polar surface area (TPSA) is 236 Å². The second-order valence-corrected chi connectivity index (χ2v) is 8.04. The van der Waals surface area contributed by atoms with Gasteiger partial charge in [-0.25, -0.2) is 9.59 Å². The Morgan fingerprint density at radius 1 is 1.07 bits per heavy atom. The molecule has 0 bridgehead atoms. The zero-order valence-corrected chi connectivity index (χ0v) is 17.5. The smallest absolute Gasteiger partial charge is 0.333 e. The summed E-state index contributed by atoms with van der Waals surface area (Å²) in [6, 6.07) is 0. The van der Waals surface area contributed by atoms with Crippen LogP contribution in [0.25, 0.3) is 0 Å². The van der Waals surface area contributed by atoms with Gasteiger partial charge in [0.1, 0.15) is 12.4 Å². The number of carboxylic acid groups (broad SMARTS) is 2. The van der Waals surface area contributed by atoms with Crippen LogP contribution in [0.15, 0.2) is 24.8 Å². The fourth-order valence-corrected chi connectivity index (χ4v) is 1.83. The quantitative estimate of drug-likeness (QED) is 0.179. The second-order valence-electron chi connectivity index (χ2n) is 4.87. The van der Waals surface area contributed by atoms with Crippen LogP contribution in [-0.4, -0.2) is 84.8 Å². The van der Waals surface area contributed by atoms with Crippen molar-refractivity contribution in [1.82, 2.24) is 0 Å². The minimum absolute atomic E-state index is 0.185. The Hall–Kier alpha value is -2.82. The highest BCUT2D eigenvalue weighted by atomic mass is 32.2. The molecule has 0 radical (unpaired) electrons. The molecular formula is C14H22O14S2. The van der Waals surface area contributed by atoms with Crippen LogP contribution in [0.3, 0.4) is 0 Å². The summed E-state index contributed by atoms with van der Waals surface area (Å²) in [7, 11) is -7.58. The predicted octanol–water partition coefficient (Wildman–Crippen LogP) is -0.859. The van der Waals surface area contributed by atoms with Crippen molar-refractivity contribution in [3.05, 3.63) is 24.8 Å². The van der Waals surface area contributed by atoms with Gasteiger partial charge in [0.05, 0.1) is 13.5 Å². The number of aliphatic carboxylic acids is 2. The molecule has 0 aromatic carbocycles. The van der Waals surface area contributed by atoms with Gasteiger partial charge in [0.15, 0.2) is 5.25 Å². The SMILES string of the molecule is C=C(C)C(=O)OCCS(=O)(=O)O.C=CC(=O)OC.O=C(O)CC(C(=O)O)S(=O)(=O)O.